The van der Waals surface area contributed by atoms with Crippen LogP contribution in [0, 0.1) is 0 Å². The normalized spacial score (nSPS) is 13.5. The van der Waals surface area contributed by atoms with Gasteiger partial charge in [-0.2, -0.15) is 0 Å². The molecule has 0 fully saturated rings. The van der Waals surface area contributed by atoms with E-state index in [0.717, 1.165) is 25.7 Å². The lowest BCUT2D eigenvalue weighted by Gasteiger charge is -2.34. The predicted molar refractivity (Wildman–Crippen MR) is 162 cm³/mol. The predicted octanol–water partition coefficient (Wildman–Crippen LogP) is 5.68. The molecule has 0 spiro atoms. The largest absolute Gasteiger partial charge is 0.544 e. The van der Waals surface area contributed by atoms with Crippen LogP contribution in [0.15, 0.2) is 24.3 Å². The average Bonchev–Trinajstić information content (AvgIpc) is 2.91. The fourth-order valence-electron chi connectivity index (χ4n) is 4.26. The number of likely N-dealkylation sites (N-methyl/N-ethyl adjacent to an activating group) is 1. The number of carboxylic acids is 1. The van der Waals surface area contributed by atoms with Gasteiger partial charge in [0.05, 0.1) is 40.3 Å². The van der Waals surface area contributed by atoms with Crippen molar-refractivity contribution in [1.82, 2.24) is 0 Å². The van der Waals surface area contributed by atoms with Crippen molar-refractivity contribution in [2.24, 2.45) is 0 Å². The van der Waals surface area contributed by atoms with E-state index in [1.165, 1.54) is 44.9 Å². The Bertz CT molecular complexity index is 742. The number of hydrogen-bond donors (Lipinski definition) is 0. The summed E-state index contributed by atoms with van der Waals surface area (Å²) in [6, 6.07) is -0.729. The quantitative estimate of drug-likeness (QED) is 0.0533. The molecule has 2 atom stereocenters. The summed E-state index contributed by atoms with van der Waals surface area (Å²) in [6.07, 6.45) is 22.4. The molecular formula is C33H59NO7. The highest BCUT2D eigenvalue weighted by atomic mass is 16.6. The van der Waals surface area contributed by atoms with Gasteiger partial charge in [-0.3, -0.25) is 9.59 Å². The monoisotopic (exact) mass is 581 g/mol. The molecular weight excluding hydrogens is 522 g/mol. The summed E-state index contributed by atoms with van der Waals surface area (Å²) in [5.74, 6) is -1.86. The van der Waals surface area contributed by atoms with Crippen molar-refractivity contribution in [2.75, 3.05) is 41.0 Å². The molecule has 8 heteroatoms. The van der Waals surface area contributed by atoms with Crippen LogP contribution in [-0.2, 0) is 28.6 Å². The van der Waals surface area contributed by atoms with Crippen LogP contribution >= 0.6 is 0 Å². The van der Waals surface area contributed by atoms with Gasteiger partial charge in [0, 0.05) is 19.3 Å². The molecule has 0 heterocycles. The van der Waals surface area contributed by atoms with Gasteiger partial charge in [-0.25, -0.2) is 0 Å². The first-order valence-electron chi connectivity index (χ1n) is 15.9. The minimum absolute atomic E-state index is 0.0178. The van der Waals surface area contributed by atoms with Crippen molar-refractivity contribution < 1.29 is 38.2 Å². The van der Waals surface area contributed by atoms with Crippen LogP contribution in [0.25, 0.3) is 0 Å². The Hall–Kier alpha value is -2.19. The SMILES string of the molecule is CCCCCC/C=C/CCCC(=O)OCC(COCCC(C(=O)[O-])[N+](C)(C)C)OC(=O)CC/C=C/CCCCCC. The fraction of sp³-hybridized carbons (Fsp3) is 0.788. The first-order valence-corrected chi connectivity index (χ1v) is 15.9. The van der Waals surface area contributed by atoms with E-state index < -0.39 is 18.1 Å². The number of carbonyl (C=O) groups excluding carboxylic acids is 3. The number of carbonyl (C=O) groups is 3. The summed E-state index contributed by atoms with van der Waals surface area (Å²) in [7, 11) is 5.36. The summed E-state index contributed by atoms with van der Waals surface area (Å²) in [4.78, 5) is 36.2. The number of unbranched alkanes of at least 4 members (excludes halogenated alkanes) is 9. The van der Waals surface area contributed by atoms with Crippen LogP contribution < -0.4 is 5.11 Å². The number of esters is 2. The maximum absolute atomic E-state index is 12.4. The van der Waals surface area contributed by atoms with E-state index >= 15 is 0 Å². The Balaban J connectivity index is 4.61. The van der Waals surface area contributed by atoms with Crippen molar-refractivity contribution in [3.05, 3.63) is 24.3 Å². The molecule has 41 heavy (non-hydrogen) atoms. The third-order valence-corrected chi connectivity index (χ3v) is 6.82. The Morgan fingerprint density at radius 3 is 1.80 bits per heavy atom. The number of allylic oxidation sites excluding steroid dienone is 4. The highest BCUT2D eigenvalue weighted by Crippen LogP contribution is 2.10. The lowest BCUT2D eigenvalue weighted by Crippen LogP contribution is -2.55. The lowest BCUT2D eigenvalue weighted by molar-refractivity contribution is -0.889. The zero-order valence-corrected chi connectivity index (χ0v) is 26.7. The number of ether oxygens (including phenoxy) is 3. The van der Waals surface area contributed by atoms with Gasteiger partial charge in [0.15, 0.2) is 6.10 Å². The first-order chi connectivity index (χ1) is 19.6. The van der Waals surface area contributed by atoms with Crippen LogP contribution in [0.1, 0.15) is 117 Å². The number of nitrogens with zero attached hydrogens (tertiary/aromatic N) is 1. The summed E-state index contributed by atoms with van der Waals surface area (Å²) in [6.45, 7) is 4.47. The molecule has 2 unspecified atom stereocenters. The Morgan fingerprint density at radius 2 is 1.27 bits per heavy atom. The highest BCUT2D eigenvalue weighted by Gasteiger charge is 2.25. The van der Waals surface area contributed by atoms with E-state index in [-0.39, 0.29) is 49.1 Å². The van der Waals surface area contributed by atoms with E-state index in [1.807, 2.05) is 6.08 Å². The van der Waals surface area contributed by atoms with Crippen molar-refractivity contribution in [3.8, 4) is 0 Å². The van der Waals surface area contributed by atoms with Gasteiger partial charge >= 0.3 is 11.9 Å². The van der Waals surface area contributed by atoms with E-state index in [2.05, 4.69) is 32.1 Å². The second kappa shape index (κ2) is 25.5. The molecule has 0 saturated carbocycles. The van der Waals surface area contributed by atoms with Gasteiger partial charge in [0.1, 0.15) is 12.6 Å². The molecule has 0 N–H and O–H groups in total. The molecule has 0 rings (SSSR count). The minimum atomic E-state index is -1.14. The van der Waals surface area contributed by atoms with E-state index in [0.29, 0.717) is 19.3 Å². The van der Waals surface area contributed by atoms with Crippen molar-refractivity contribution >= 4 is 17.9 Å². The number of rotatable bonds is 27. The van der Waals surface area contributed by atoms with Gasteiger partial charge in [-0.05, 0) is 44.9 Å². The third kappa shape index (κ3) is 24.1. The van der Waals surface area contributed by atoms with Crippen LogP contribution in [0.3, 0.4) is 0 Å². The second-order valence-electron chi connectivity index (χ2n) is 11.7. The molecule has 0 bridgehead atoms. The Kier molecular flexibility index (Phi) is 24.2. The van der Waals surface area contributed by atoms with Crippen molar-refractivity contribution in [1.29, 1.82) is 0 Å². The zero-order valence-electron chi connectivity index (χ0n) is 26.7. The van der Waals surface area contributed by atoms with Crippen molar-refractivity contribution in [3.63, 3.8) is 0 Å². The molecule has 0 aromatic rings. The van der Waals surface area contributed by atoms with Gasteiger partial charge < -0.3 is 28.6 Å². The fourth-order valence-corrected chi connectivity index (χ4v) is 4.26. The molecule has 0 aromatic heterocycles. The summed E-state index contributed by atoms with van der Waals surface area (Å²) in [5.41, 5.74) is 0. The molecule has 8 nitrogen and oxygen atoms in total. The molecule has 0 saturated heterocycles. The molecule has 0 aromatic carbocycles. The van der Waals surface area contributed by atoms with Crippen molar-refractivity contribution in [2.45, 2.75) is 129 Å². The minimum Gasteiger partial charge on any atom is -0.544 e. The summed E-state index contributed by atoms with van der Waals surface area (Å²) < 4.78 is 16.8. The number of aliphatic carboxylic acids is 1. The van der Waals surface area contributed by atoms with Crippen LogP contribution in [0.5, 0.6) is 0 Å². The standard InChI is InChI=1S/C33H59NO7/c1-6-8-10-12-14-16-18-19-21-23-31(35)40-28-29(27-39-26-25-30(33(37)38)34(3,4)5)41-32(36)24-22-20-17-15-13-11-9-7-2/h16-18,20,29-30H,6-15,19,21-28H2,1-5H3/b18-16+,20-17+. The summed E-state index contributed by atoms with van der Waals surface area (Å²) in [5, 5.41) is 11.5. The molecule has 0 aliphatic heterocycles. The first kappa shape index (κ1) is 38.8. The molecule has 0 amide bonds. The molecule has 238 valence electrons. The van der Waals surface area contributed by atoms with E-state index in [4.69, 9.17) is 14.2 Å². The van der Waals surface area contributed by atoms with Crippen LogP contribution in [0.2, 0.25) is 0 Å². The number of carboxylic acid groups (broad SMARTS) is 1. The van der Waals surface area contributed by atoms with Gasteiger partial charge in [0.2, 0.25) is 0 Å². The maximum atomic E-state index is 12.4. The second-order valence-corrected chi connectivity index (χ2v) is 11.7. The average molecular weight is 582 g/mol. The van der Waals surface area contributed by atoms with Gasteiger partial charge in [-0.15, -0.1) is 0 Å². The maximum Gasteiger partial charge on any atom is 0.306 e. The zero-order chi connectivity index (χ0) is 30.8. The Labute approximate surface area is 250 Å². The molecule has 0 radical (unpaired) electrons. The van der Waals surface area contributed by atoms with Gasteiger partial charge in [0.25, 0.3) is 0 Å². The number of hydrogen-bond acceptors (Lipinski definition) is 7. The summed E-state index contributed by atoms with van der Waals surface area (Å²) >= 11 is 0. The Morgan fingerprint density at radius 1 is 0.707 bits per heavy atom. The van der Waals surface area contributed by atoms with Gasteiger partial charge in [-0.1, -0.05) is 76.7 Å². The molecule has 0 aliphatic carbocycles. The number of quaternary nitrogens is 1. The topological polar surface area (TPSA) is 102 Å². The van der Waals surface area contributed by atoms with Crippen LogP contribution in [0.4, 0.5) is 0 Å². The third-order valence-electron chi connectivity index (χ3n) is 6.82. The smallest absolute Gasteiger partial charge is 0.306 e. The molecule has 0 aliphatic rings. The van der Waals surface area contributed by atoms with E-state index in [9.17, 15) is 19.5 Å². The highest BCUT2D eigenvalue weighted by molar-refractivity contribution is 5.70. The lowest BCUT2D eigenvalue weighted by atomic mass is 10.1. The van der Waals surface area contributed by atoms with Crippen LogP contribution in [-0.4, -0.2) is 75.5 Å². The van der Waals surface area contributed by atoms with E-state index in [1.54, 1.807) is 21.1 Å².